The molecule has 0 bridgehead atoms. The summed E-state index contributed by atoms with van der Waals surface area (Å²) >= 11 is 1.80. The monoisotopic (exact) mass is 232 g/mol. The quantitative estimate of drug-likeness (QED) is 0.592. The van der Waals surface area contributed by atoms with Gasteiger partial charge in [0.1, 0.15) is 5.76 Å². The molecular formula is C13H12O2S. The number of furan rings is 1. The SMILES string of the molecule is CCSc1ccc(-c2ccc(C=O)o2)cc1. The van der Waals surface area contributed by atoms with Gasteiger partial charge in [0.05, 0.1) is 0 Å². The molecule has 2 rings (SSSR count). The fourth-order valence-corrected chi connectivity index (χ4v) is 2.12. The first-order chi connectivity index (χ1) is 7.83. The molecule has 1 aromatic carbocycles. The zero-order chi connectivity index (χ0) is 11.4. The van der Waals surface area contributed by atoms with Crippen molar-refractivity contribution in [3.8, 4) is 11.3 Å². The minimum Gasteiger partial charge on any atom is -0.453 e. The predicted molar refractivity (Wildman–Crippen MR) is 65.9 cm³/mol. The van der Waals surface area contributed by atoms with Gasteiger partial charge in [0.25, 0.3) is 0 Å². The summed E-state index contributed by atoms with van der Waals surface area (Å²) in [6, 6.07) is 11.6. The molecule has 0 unspecified atom stereocenters. The fourth-order valence-electron chi connectivity index (χ4n) is 1.45. The molecule has 0 saturated carbocycles. The second-order valence-corrected chi connectivity index (χ2v) is 4.61. The van der Waals surface area contributed by atoms with Crippen LogP contribution in [-0.2, 0) is 0 Å². The Morgan fingerprint density at radius 2 is 1.94 bits per heavy atom. The molecule has 0 aliphatic carbocycles. The van der Waals surface area contributed by atoms with Gasteiger partial charge in [0.2, 0.25) is 0 Å². The van der Waals surface area contributed by atoms with Crippen LogP contribution in [0.15, 0.2) is 45.7 Å². The standard InChI is InChI=1S/C13H12O2S/c1-2-16-12-6-3-10(4-7-12)13-8-5-11(9-14)15-13/h3-9H,2H2,1H3. The van der Waals surface area contributed by atoms with E-state index in [0.717, 1.165) is 17.1 Å². The van der Waals surface area contributed by atoms with Crippen molar-refractivity contribution in [1.82, 2.24) is 0 Å². The second-order valence-electron chi connectivity index (χ2n) is 3.28. The van der Waals surface area contributed by atoms with Gasteiger partial charge >= 0.3 is 0 Å². The molecule has 0 atom stereocenters. The lowest BCUT2D eigenvalue weighted by atomic mass is 10.2. The summed E-state index contributed by atoms with van der Waals surface area (Å²) < 4.78 is 5.34. The van der Waals surface area contributed by atoms with E-state index >= 15 is 0 Å². The molecular weight excluding hydrogens is 220 g/mol. The van der Waals surface area contributed by atoms with Gasteiger partial charge in [-0.25, -0.2) is 0 Å². The number of carbonyl (C=O) groups is 1. The van der Waals surface area contributed by atoms with E-state index in [-0.39, 0.29) is 0 Å². The first-order valence-electron chi connectivity index (χ1n) is 5.11. The molecule has 82 valence electrons. The summed E-state index contributed by atoms with van der Waals surface area (Å²) in [5.41, 5.74) is 0.994. The molecule has 2 aromatic rings. The Morgan fingerprint density at radius 1 is 1.19 bits per heavy atom. The van der Waals surface area contributed by atoms with Crippen molar-refractivity contribution in [2.24, 2.45) is 0 Å². The van der Waals surface area contributed by atoms with E-state index in [9.17, 15) is 4.79 Å². The maximum Gasteiger partial charge on any atom is 0.185 e. The Bertz CT molecular complexity index is 471. The number of benzene rings is 1. The lowest BCUT2D eigenvalue weighted by molar-refractivity contribution is 0.110. The van der Waals surface area contributed by atoms with E-state index in [4.69, 9.17) is 4.42 Å². The summed E-state index contributed by atoms with van der Waals surface area (Å²) in [7, 11) is 0. The van der Waals surface area contributed by atoms with Gasteiger partial charge < -0.3 is 4.42 Å². The molecule has 1 heterocycles. The Kier molecular flexibility index (Phi) is 3.47. The van der Waals surface area contributed by atoms with Crippen LogP contribution < -0.4 is 0 Å². The average molecular weight is 232 g/mol. The van der Waals surface area contributed by atoms with Crippen molar-refractivity contribution in [3.63, 3.8) is 0 Å². The van der Waals surface area contributed by atoms with Crippen LogP contribution in [0.3, 0.4) is 0 Å². The van der Waals surface area contributed by atoms with E-state index in [0.29, 0.717) is 12.0 Å². The molecule has 0 aliphatic heterocycles. The van der Waals surface area contributed by atoms with Crippen molar-refractivity contribution >= 4 is 18.0 Å². The highest BCUT2D eigenvalue weighted by Crippen LogP contribution is 2.25. The van der Waals surface area contributed by atoms with Gasteiger partial charge in [-0.2, -0.15) is 0 Å². The summed E-state index contributed by atoms with van der Waals surface area (Å²) in [5, 5.41) is 0. The Balaban J connectivity index is 2.23. The summed E-state index contributed by atoms with van der Waals surface area (Å²) in [5.74, 6) is 2.16. The minimum absolute atomic E-state index is 0.363. The van der Waals surface area contributed by atoms with Gasteiger partial charge in [-0.3, -0.25) is 4.79 Å². The van der Waals surface area contributed by atoms with E-state index in [1.807, 2.05) is 18.2 Å². The lowest BCUT2D eigenvalue weighted by Gasteiger charge is -2.00. The van der Waals surface area contributed by atoms with Crippen molar-refractivity contribution < 1.29 is 9.21 Å². The maximum absolute atomic E-state index is 10.5. The smallest absolute Gasteiger partial charge is 0.185 e. The number of carbonyl (C=O) groups excluding carboxylic acids is 1. The summed E-state index contributed by atoms with van der Waals surface area (Å²) in [4.78, 5) is 11.7. The largest absolute Gasteiger partial charge is 0.453 e. The summed E-state index contributed by atoms with van der Waals surface area (Å²) in [6.45, 7) is 2.13. The number of aldehydes is 1. The maximum atomic E-state index is 10.5. The number of hydrogen-bond acceptors (Lipinski definition) is 3. The van der Waals surface area contributed by atoms with Gasteiger partial charge in [-0.15, -0.1) is 11.8 Å². The third kappa shape index (κ3) is 2.36. The average Bonchev–Trinajstić information content (AvgIpc) is 2.79. The molecule has 1 aromatic heterocycles. The van der Waals surface area contributed by atoms with Crippen molar-refractivity contribution in [1.29, 1.82) is 0 Å². The molecule has 16 heavy (non-hydrogen) atoms. The van der Waals surface area contributed by atoms with E-state index in [2.05, 4.69) is 19.1 Å². The lowest BCUT2D eigenvalue weighted by Crippen LogP contribution is -1.76. The number of rotatable bonds is 4. The number of thioether (sulfide) groups is 1. The molecule has 0 amide bonds. The first kappa shape index (κ1) is 11.0. The molecule has 2 nitrogen and oxygen atoms in total. The molecule has 3 heteroatoms. The van der Waals surface area contributed by atoms with E-state index in [1.54, 1.807) is 17.8 Å². The van der Waals surface area contributed by atoms with Crippen LogP contribution in [0.4, 0.5) is 0 Å². The molecule has 0 spiro atoms. The van der Waals surface area contributed by atoms with Crippen molar-refractivity contribution in [3.05, 3.63) is 42.2 Å². The van der Waals surface area contributed by atoms with Crippen LogP contribution in [0, 0.1) is 0 Å². The van der Waals surface area contributed by atoms with Crippen LogP contribution in [0.2, 0.25) is 0 Å². The van der Waals surface area contributed by atoms with Crippen LogP contribution in [0.5, 0.6) is 0 Å². The van der Waals surface area contributed by atoms with Crippen LogP contribution in [0.25, 0.3) is 11.3 Å². The van der Waals surface area contributed by atoms with Crippen LogP contribution in [0.1, 0.15) is 17.5 Å². The van der Waals surface area contributed by atoms with Crippen molar-refractivity contribution in [2.45, 2.75) is 11.8 Å². The third-order valence-electron chi connectivity index (χ3n) is 2.19. The Labute approximate surface area is 98.7 Å². The van der Waals surface area contributed by atoms with E-state index < -0.39 is 0 Å². The highest BCUT2D eigenvalue weighted by molar-refractivity contribution is 7.99. The van der Waals surface area contributed by atoms with Crippen molar-refractivity contribution in [2.75, 3.05) is 5.75 Å². The topological polar surface area (TPSA) is 30.2 Å². The normalized spacial score (nSPS) is 10.3. The molecule has 0 fully saturated rings. The summed E-state index contributed by atoms with van der Waals surface area (Å²) in [6.07, 6.45) is 0.713. The molecule has 0 N–H and O–H groups in total. The minimum atomic E-state index is 0.363. The zero-order valence-corrected chi connectivity index (χ0v) is 9.79. The molecule has 0 radical (unpaired) electrons. The highest BCUT2D eigenvalue weighted by atomic mass is 32.2. The van der Waals surface area contributed by atoms with Gasteiger partial charge in [0.15, 0.2) is 12.0 Å². The van der Waals surface area contributed by atoms with Crippen LogP contribution >= 0.6 is 11.8 Å². The zero-order valence-electron chi connectivity index (χ0n) is 8.97. The van der Waals surface area contributed by atoms with Gasteiger partial charge in [-0.1, -0.05) is 19.1 Å². The molecule has 0 aliphatic rings. The van der Waals surface area contributed by atoms with E-state index in [1.165, 1.54) is 4.90 Å². The van der Waals surface area contributed by atoms with Gasteiger partial charge in [0, 0.05) is 10.5 Å². The predicted octanol–water partition coefficient (Wildman–Crippen LogP) is 3.87. The first-order valence-corrected chi connectivity index (χ1v) is 6.10. The Morgan fingerprint density at radius 3 is 2.50 bits per heavy atom. The van der Waals surface area contributed by atoms with Crippen LogP contribution in [-0.4, -0.2) is 12.0 Å². The second kappa shape index (κ2) is 5.03. The van der Waals surface area contributed by atoms with Gasteiger partial charge in [-0.05, 0) is 30.0 Å². The fraction of sp³-hybridized carbons (Fsp3) is 0.154. The molecule has 0 saturated heterocycles. The third-order valence-corrected chi connectivity index (χ3v) is 3.09. The highest BCUT2D eigenvalue weighted by Gasteiger charge is 2.03. The number of hydrogen-bond donors (Lipinski definition) is 0. The Hall–Kier alpha value is -1.48.